The molecule has 1 saturated heterocycles. The van der Waals surface area contributed by atoms with E-state index < -0.39 is 11.9 Å². The monoisotopic (exact) mass is 362 g/mol. The van der Waals surface area contributed by atoms with E-state index >= 15 is 0 Å². The van der Waals surface area contributed by atoms with E-state index in [-0.39, 0.29) is 40.7 Å². The van der Waals surface area contributed by atoms with Crippen LogP contribution >= 0.6 is 0 Å². The van der Waals surface area contributed by atoms with Crippen LogP contribution in [0.25, 0.3) is 0 Å². The summed E-state index contributed by atoms with van der Waals surface area (Å²) < 4.78 is 13.0. The summed E-state index contributed by atoms with van der Waals surface area (Å²) in [6, 6.07) is 0. The molecule has 5 unspecified atom stereocenters. The van der Waals surface area contributed by atoms with Gasteiger partial charge in [0.05, 0.1) is 18.3 Å². The maximum atomic E-state index is 12.8. The van der Waals surface area contributed by atoms with Gasteiger partial charge < -0.3 is 14.6 Å². The normalized spacial score (nSPS) is 57.9. The Bertz CT molecular complexity index is 630. The van der Waals surface area contributed by atoms with Crippen LogP contribution in [-0.4, -0.2) is 35.0 Å². The molecule has 5 aliphatic rings. The fourth-order valence-corrected chi connectivity index (χ4v) is 8.06. The number of Topliss-reactive ketones (excluding diaryl/α,β-unsaturated/α-hetero) is 1. The minimum absolute atomic E-state index is 0.0244. The van der Waals surface area contributed by atoms with Crippen molar-refractivity contribution in [3.63, 3.8) is 0 Å². The van der Waals surface area contributed by atoms with E-state index in [9.17, 15) is 9.90 Å². The van der Waals surface area contributed by atoms with E-state index in [1.54, 1.807) is 0 Å². The Labute approximate surface area is 157 Å². The molecule has 0 aromatic heterocycles. The maximum Gasteiger partial charge on any atom is 0.163 e. The average Bonchev–Trinajstić information content (AvgIpc) is 3.00. The molecule has 4 nitrogen and oxygen atoms in total. The predicted octanol–water partition coefficient (Wildman–Crippen LogP) is 3.70. The molecule has 26 heavy (non-hydrogen) atoms. The number of carbonyl (C=O) groups is 1. The van der Waals surface area contributed by atoms with Crippen molar-refractivity contribution in [3.05, 3.63) is 0 Å². The van der Waals surface area contributed by atoms with Crippen molar-refractivity contribution in [2.75, 3.05) is 0 Å². The Morgan fingerprint density at radius 3 is 2.46 bits per heavy atom. The van der Waals surface area contributed by atoms with Crippen molar-refractivity contribution in [1.82, 2.24) is 0 Å². The summed E-state index contributed by atoms with van der Waals surface area (Å²) in [6.07, 6.45) is 7.02. The standard InChI is InChI=1S/C22H34O4/c1-20(2)25-18-13-7-5-6-9-21(13,3)12-8-10-22(4)15(24)11-14(23)17(22)16(12)19(18)26-20/h12-14,16-19,23H,5-11H2,1-4H3/t12?,13?,14?,16?,17?,18-,19-,21-,22-/m1/s1. The lowest BCUT2D eigenvalue weighted by Gasteiger charge is -2.62. The SMILES string of the molecule is CC1(C)O[C@@H]2C3C(CC[C@]4(C)C(=O)CC(O)C34)[C@@]3(C)CCCCC3[C@H]2O1. The van der Waals surface area contributed by atoms with Crippen molar-refractivity contribution >= 4 is 5.78 Å². The lowest BCUT2D eigenvalue weighted by molar-refractivity contribution is -0.188. The molecule has 0 aromatic carbocycles. The Morgan fingerprint density at radius 2 is 1.69 bits per heavy atom. The molecule has 0 radical (unpaired) electrons. The van der Waals surface area contributed by atoms with Crippen molar-refractivity contribution in [2.24, 2.45) is 34.5 Å². The molecule has 5 rings (SSSR count). The minimum atomic E-state index is -0.565. The Kier molecular flexibility index (Phi) is 3.61. The van der Waals surface area contributed by atoms with E-state index in [4.69, 9.17) is 9.47 Å². The lowest BCUT2D eigenvalue weighted by atomic mass is 9.44. The van der Waals surface area contributed by atoms with Crippen LogP contribution in [0.15, 0.2) is 0 Å². The van der Waals surface area contributed by atoms with Gasteiger partial charge in [-0.05, 0) is 62.7 Å². The van der Waals surface area contributed by atoms with Crippen LogP contribution in [0.1, 0.15) is 72.6 Å². The molecule has 0 spiro atoms. The van der Waals surface area contributed by atoms with Gasteiger partial charge in [0.15, 0.2) is 5.79 Å². The largest absolute Gasteiger partial charge is 0.392 e. The number of fused-ring (bicyclic) bond motifs is 8. The fourth-order valence-electron chi connectivity index (χ4n) is 8.06. The second-order valence-corrected chi connectivity index (χ2v) is 10.8. The van der Waals surface area contributed by atoms with Gasteiger partial charge in [0.1, 0.15) is 5.78 Å². The molecule has 1 heterocycles. The van der Waals surface area contributed by atoms with E-state index in [1.807, 2.05) is 13.8 Å². The summed E-state index contributed by atoms with van der Waals surface area (Å²) in [5.41, 5.74) is -0.125. The van der Waals surface area contributed by atoms with Gasteiger partial charge in [0.25, 0.3) is 0 Å². The second-order valence-electron chi connectivity index (χ2n) is 10.8. The van der Waals surface area contributed by atoms with Gasteiger partial charge in [-0.1, -0.05) is 26.7 Å². The van der Waals surface area contributed by atoms with E-state index in [2.05, 4.69) is 13.8 Å². The highest BCUT2D eigenvalue weighted by Crippen LogP contribution is 2.67. The summed E-state index contributed by atoms with van der Waals surface area (Å²) in [5.74, 6) is 1.04. The van der Waals surface area contributed by atoms with Crippen LogP contribution in [-0.2, 0) is 14.3 Å². The molecular weight excluding hydrogens is 328 g/mol. The van der Waals surface area contributed by atoms with Gasteiger partial charge in [-0.2, -0.15) is 0 Å². The quantitative estimate of drug-likeness (QED) is 0.714. The van der Waals surface area contributed by atoms with E-state index in [1.165, 1.54) is 25.7 Å². The van der Waals surface area contributed by atoms with E-state index in [0.29, 0.717) is 18.3 Å². The molecule has 9 atom stereocenters. The topological polar surface area (TPSA) is 55.8 Å². The summed E-state index contributed by atoms with van der Waals surface area (Å²) in [5, 5.41) is 10.9. The summed E-state index contributed by atoms with van der Waals surface area (Å²) >= 11 is 0. The van der Waals surface area contributed by atoms with Gasteiger partial charge >= 0.3 is 0 Å². The highest BCUT2D eigenvalue weighted by molar-refractivity contribution is 5.88. The van der Waals surface area contributed by atoms with Crippen LogP contribution in [0.4, 0.5) is 0 Å². The highest BCUT2D eigenvalue weighted by atomic mass is 16.8. The highest BCUT2D eigenvalue weighted by Gasteiger charge is 2.69. The van der Waals surface area contributed by atoms with Crippen molar-refractivity contribution in [1.29, 1.82) is 0 Å². The number of carbonyl (C=O) groups excluding carboxylic acids is 1. The molecule has 0 bridgehead atoms. The number of hydrogen-bond donors (Lipinski definition) is 1. The summed E-state index contributed by atoms with van der Waals surface area (Å²) in [7, 11) is 0. The molecule has 4 aliphatic carbocycles. The zero-order chi connectivity index (χ0) is 18.5. The van der Waals surface area contributed by atoms with Crippen LogP contribution in [0.2, 0.25) is 0 Å². The maximum absolute atomic E-state index is 12.8. The third-order valence-electron chi connectivity index (χ3n) is 9.15. The zero-order valence-corrected chi connectivity index (χ0v) is 16.7. The lowest BCUT2D eigenvalue weighted by Crippen LogP contribution is -2.63. The Hall–Kier alpha value is -0.450. The number of ether oxygens (including phenoxy) is 2. The van der Waals surface area contributed by atoms with Crippen molar-refractivity contribution in [2.45, 2.75) is 96.7 Å². The minimum Gasteiger partial charge on any atom is -0.392 e. The summed E-state index contributed by atoms with van der Waals surface area (Å²) in [6.45, 7) is 8.64. The van der Waals surface area contributed by atoms with Gasteiger partial charge in [-0.25, -0.2) is 0 Å². The first kappa shape index (κ1) is 17.6. The summed E-state index contributed by atoms with van der Waals surface area (Å²) in [4.78, 5) is 12.8. The number of rotatable bonds is 0. The van der Waals surface area contributed by atoms with Crippen molar-refractivity contribution < 1.29 is 19.4 Å². The number of ketones is 1. The van der Waals surface area contributed by atoms with Crippen molar-refractivity contribution in [3.8, 4) is 0 Å². The van der Waals surface area contributed by atoms with E-state index in [0.717, 1.165) is 12.8 Å². The molecule has 0 aromatic rings. The molecule has 5 fully saturated rings. The predicted molar refractivity (Wildman–Crippen MR) is 97.3 cm³/mol. The number of hydrogen-bond acceptors (Lipinski definition) is 4. The molecule has 1 aliphatic heterocycles. The molecule has 146 valence electrons. The molecule has 1 N–H and O–H groups in total. The van der Waals surface area contributed by atoms with Gasteiger partial charge in [0, 0.05) is 17.8 Å². The molecule has 0 amide bonds. The number of aliphatic hydroxyl groups excluding tert-OH is 1. The Balaban J connectivity index is 1.62. The molecular formula is C22H34O4. The van der Waals surface area contributed by atoms with Crippen LogP contribution < -0.4 is 0 Å². The van der Waals surface area contributed by atoms with Gasteiger partial charge in [-0.15, -0.1) is 0 Å². The van der Waals surface area contributed by atoms with Gasteiger partial charge in [0.2, 0.25) is 0 Å². The average molecular weight is 363 g/mol. The smallest absolute Gasteiger partial charge is 0.163 e. The first-order chi connectivity index (χ1) is 12.2. The van der Waals surface area contributed by atoms with Crippen LogP contribution in [0.5, 0.6) is 0 Å². The first-order valence-electron chi connectivity index (χ1n) is 10.7. The third kappa shape index (κ3) is 2.10. The van der Waals surface area contributed by atoms with Gasteiger partial charge in [-0.3, -0.25) is 4.79 Å². The Morgan fingerprint density at radius 1 is 0.962 bits per heavy atom. The molecule has 4 heteroatoms. The second kappa shape index (κ2) is 5.33. The fraction of sp³-hybridized carbons (Fsp3) is 0.955. The molecule has 4 saturated carbocycles. The first-order valence-corrected chi connectivity index (χ1v) is 10.7. The zero-order valence-electron chi connectivity index (χ0n) is 16.7. The van der Waals surface area contributed by atoms with Crippen LogP contribution in [0.3, 0.4) is 0 Å². The van der Waals surface area contributed by atoms with Crippen LogP contribution in [0, 0.1) is 34.5 Å². The third-order valence-corrected chi connectivity index (χ3v) is 9.15. The number of aliphatic hydroxyl groups is 1.